The Kier molecular flexibility index (Phi) is 6.10. The van der Waals surface area contributed by atoms with Crippen LogP contribution in [0, 0.1) is 0 Å². The number of thioether (sulfide) groups is 1. The van der Waals surface area contributed by atoms with Crippen molar-refractivity contribution in [3.63, 3.8) is 0 Å². The maximum atomic E-state index is 12.4. The lowest BCUT2D eigenvalue weighted by Gasteiger charge is -2.17. The van der Waals surface area contributed by atoms with Crippen LogP contribution in [0.4, 0.5) is 0 Å². The number of nitrogens with zero attached hydrogens (tertiary/aromatic N) is 1. The normalized spacial score (nSPS) is 17.2. The third kappa shape index (κ3) is 4.42. The molecule has 0 bridgehead atoms. The zero-order valence-corrected chi connectivity index (χ0v) is 14.5. The van der Waals surface area contributed by atoms with Crippen LogP contribution >= 0.6 is 24.0 Å². The van der Waals surface area contributed by atoms with E-state index >= 15 is 0 Å². The number of carboxylic acid groups (broad SMARTS) is 1. The standard InChI is InChI=1S/C16H16N2O4S2/c1-2-11(15(21)22)17-13(19)9-18-14(20)12(24-16(18)23)8-10-6-4-3-5-7-10/h3-8,11H,2,9H2,1H3,(H,17,19)(H,21,22)/b12-8-. The first-order valence-corrected chi connectivity index (χ1v) is 8.47. The number of rotatable bonds is 6. The summed E-state index contributed by atoms with van der Waals surface area (Å²) in [5.74, 6) is -2.02. The first kappa shape index (κ1) is 18.2. The van der Waals surface area contributed by atoms with Crippen molar-refractivity contribution in [3.05, 3.63) is 40.8 Å². The minimum Gasteiger partial charge on any atom is -0.480 e. The molecule has 2 N–H and O–H groups in total. The molecule has 1 atom stereocenters. The Hall–Kier alpha value is -2.19. The smallest absolute Gasteiger partial charge is 0.326 e. The summed E-state index contributed by atoms with van der Waals surface area (Å²) in [5.41, 5.74) is 0.861. The van der Waals surface area contributed by atoms with Crippen molar-refractivity contribution in [1.82, 2.24) is 10.2 Å². The van der Waals surface area contributed by atoms with Crippen LogP contribution in [0.15, 0.2) is 35.2 Å². The highest BCUT2D eigenvalue weighted by atomic mass is 32.2. The molecule has 1 fully saturated rings. The lowest BCUT2D eigenvalue weighted by Crippen LogP contribution is -2.46. The van der Waals surface area contributed by atoms with Crippen LogP contribution in [-0.2, 0) is 14.4 Å². The maximum absolute atomic E-state index is 12.4. The molecule has 0 aliphatic carbocycles. The second kappa shape index (κ2) is 8.07. The van der Waals surface area contributed by atoms with E-state index in [-0.39, 0.29) is 23.2 Å². The van der Waals surface area contributed by atoms with Crippen molar-refractivity contribution in [2.75, 3.05) is 6.54 Å². The Morgan fingerprint density at radius 1 is 1.38 bits per heavy atom. The van der Waals surface area contributed by atoms with Crippen molar-refractivity contribution >= 4 is 52.2 Å². The summed E-state index contributed by atoms with van der Waals surface area (Å²) in [5, 5.41) is 11.3. The monoisotopic (exact) mass is 364 g/mol. The number of hydrogen-bond donors (Lipinski definition) is 2. The van der Waals surface area contributed by atoms with Gasteiger partial charge in [-0.3, -0.25) is 14.5 Å². The van der Waals surface area contributed by atoms with Gasteiger partial charge in [0.2, 0.25) is 5.91 Å². The topological polar surface area (TPSA) is 86.7 Å². The molecule has 24 heavy (non-hydrogen) atoms. The molecular weight excluding hydrogens is 348 g/mol. The molecule has 2 rings (SSSR count). The molecule has 0 saturated carbocycles. The molecule has 0 spiro atoms. The number of thiocarbonyl (C=S) groups is 1. The molecule has 1 aromatic carbocycles. The van der Waals surface area contributed by atoms with Crippen LogP contribution in [-0.4, -0.2) is 44.7 Å². The third-order valence-electron chi connectivity index (χ3n) is 3.31. The van der Waals surface area contributed by atoms with E-state index in [2.05, 4.69) is 5.32 Å². The van der Waals surface area contributed by atoms with E-state index in [1.165, 1.54) is 4.90 Å². The Labute approximate surface area is 148 Å². The average molecular weight is 364 g/mol. The number of amides is 2. The van der Waals surface area contributed by atoms with Gasteiger partial charge in [-0.05, 0) is 18.1 Å². The van der Waals surface area contributed by atoms with E-state index in [1.54, 1.807) is 13.0 Å². The number of nitrogens with one attached hydrogen (secondary N) is 1. The van der Waals surface area contributed by atoms with Crippen molar-refractivity contribution in [1.29, 1.82) is 0 Å². The minimum absolute atomic E-state index is 0.257. The summed E-state index contributed by atoms with van der Waals surface area (Å²) in [4.78, 5) is 36.9. The van der Waals surface area contributed by atoms with E-state index in [0.717, 1.165) is 17.3 Å². The molecule has 2 amide bonds. The van der Waals surface area contributed by atoms with Crippen LogP contribution in [0.3, 0.4) is 0 Å². The molecule has 1 heterocycles. The van der Waals surface area contributed by atoms with Crippen molar-refractivity contribution in [2.45, 2.75) is 19.4 Å². The van der Waals surface area contributed by atoms with E-state index in [0.29, 0.717) is 4.91 Å². The highest BCUT2D eigenvalue weighted by Crippen LogP contribution is 2.32. The molecule has 0 radical (unpaired) electrons. The van der Waals surface area contributed by atoms with Gasteiger partial charge in [0.15, 0.2) is 0 Å². The summed E-state index contributed by atoms with van der Waals surface area (Å²) >= 11 is 6.28. The van der Waals surface area contributed by atoms with Gasteiger partial charge in [0.1, 0.15) is 16.9 Å². The number of carbonyl (C=O) groups excluding carboxylic acids is 2. The van der Waals surface area contributed by atoms with E-state index < -0.39 is 17.9 Å². The van der Waals surface area contributed by atoms with Crippen LogP contribution in [0.1, 0.15) is 18.9 Å². The fraction of sp³-hybridized carbons (Fsp3) is 0.250. The SMILES string of the molecule is CCC(NC(=O)CN1C(=O)/C(=C/c2ccccc2)SC1=S)C(=O)O. The fourth-order valence-electron chi connectivity index (χ4n) is 2.06. The number of hydrogen-bond acceptors (Lipinski definition) is 5. The Balaban J connectivity index is 2.05. The van der Waals surface area contributed by atoms with Gasteiger partial charge in [-0.25, -0.2) is 4.79 Å². The lowest BCUT2D eigenvalue weighted by molar-refractivity contribution is -0.142. The van der Waals surface area contributed by atoms with E-state index in [9.17, 15) is 14.4 Å². The zero-order chi connectivity index (χ0) is 17.7. The molecule has 0 aromatic heterocycles. The third-order valence-corrected chi connectivity index (χ3v) is 4.69. The summed E-state index contributed by atoms with van der Waals surface area (Å²) in [6.45, 7) is 1.36. The average Bonchev–Trinajstić information content (AvgIpc) is 2.81. The Bertz CT molecular complexity index is 703. The predicted octanol–water partition coefficient (Wildman–Crippen LogP) is 1.87. The van der Waals surface area contributed by atoms with Crippen LogP contribution in [0.5, 0.6) is 0 Å². The highest BCUT2D eigenvalue weighted by Gasteiger charge is 2.33. The summed E-state index contributed by atoms with van der Waals surface area (Å²) in [6, 6.07) is 8.33. The molecular formula is C16H16N2O4S2. The van der Waals surface area contributed by atoms with E-state index in [1.807, 2.05) is 30.3 Å². The van der Waals surface area contributed by atoms with Gasteiger partial charge in [0.05, 0.1) is 4.91 Å². The Morgan fingerprint density at radius 2 is 2.04 bits per heavy atom. The highest BCUT2D eigenvalue weighted by molar-refractivity contribution is 8.26. The Morgan fingerprint density at radius 3 is 2.62 bits per heavy atom. The fourth-order valence-corrected chi connectivity index (χ4v) is 3.31. The van der Waals surface area contributed by atoms with Crippen LogP contribution in [0.2, 0.25) is 0 Å². The van der Waals surface area contributed by atoms with Gasteiger partial charge < -0.3 is 10.4 Å². The van der Waals surface area contributed by atoms with E-state index in [4.69, 9.17) is 17.3 Å². The predicted molar refractivity (Wildman–Crippen MR) is 96.2 cm³/mol. The molecule has 1 aromatic rings. The van der Waals surface area contributed by atoms with Gasteiger partial charge in [-0.2, -0.15) is 0 Å². The first-order valence-electron chi connectivity index (χ1n) is 7.25. The summed E-state index contributed by atoms with van der Waals surface area (Å²) in [6.07, 6.45) is 1.97. The summed E-state index contributed by atoms with van der Waals surface area (Å²) < 4.78 is 0.278. The van der Waals surface area contributed by atoms with Crippen molar-refractivity contribution in [2.24, 2.45) is 0 Å². The number of carboxylic acids is 1. The number of aliphatic carboxylic acids is 1. The largest absolute Gasteiger partial charge is 0.480 e. The molecule has 1 saturated heterocycles. The second-order valence-corrected chi connectivity index (χ2v) is 6.72. The first-order chi connectivity index (χ1) is 11.4. The van der Waals surface area contributed by atoms with Gasteiger partial charge >= 0.3 is 5.97 Å². The minimum atomic E-state index is -1.11. The molecule has 1 aliphatic heterocycles. The van der Waals surface area contributed by atoms with Gasteiger partial charge in [0.25, 0.3) is 5.91 Å². The van der Waals surface area contributed by atoms with Gasteiger partial charge in [-0.15, -0.1) is 0 Å². The zero-order valence-electron chi connectivity index (χ0n) is 12.9. The molecule has 8 heteroatoms. The lowest BCUT2D eigenvalue weighted by atomic mass is 10.2. The van der Waals surface area contributed by atoms with Gasteiger partial charge in [-0.1, -0.05) is 61.2 Å². The van der Waals surface area contributed by atoms with Crippen LogP contribution in [0.25, 0.3) is 6.08 Å². The second-order valence-electron chi connectivity index (χ2n) is 5.05. The number of carbonyl (C=O) groups is 3. The molecule has 6 nitrogen and oxygen atoms in total. The molecule has 126 valence electrons. The van der Waals surface area contributed by atoms with Crippen molar-refractivity contribution < 1.29 is 19.5 Å². The summed E-state index contributed by atoms with van der Waals surface area (Å²) in [7, 11) is 0. The molecule has 1 unspecified atom stereocenters. The maximum Gasteiger partial charge on any atom is 0.326 e. The van der Waals surface area contributed by atoms with Gasteiger partial charge in [0, 0.05) is 0 Å². The number of benzene rings is 1. The quantitative estimate of drug-likeness (QED) is 0.592. The van der Waals surface area contributed by atoms with Crippen molar-refractivity contribution in [3.8, 4) is 0 Å². The van der Waals surface area contributed by atoms with Crippen LogP contribution < -0.4 is 5.32 Å². The molecule has 1 aliphatic rings.